The molecule has 2 unspecified atom stereocenters. The van der Waals surface area contributed by atoms with Crippen molar-refractivity contribution in [3.63, 3.8) is 0 Å². The van der Waals surface area contributed by atoms with E-state index in [1.165, 1.54) is 11.0 Å². The van der Waals surface area contributed by atoms with E-state index in [0.717, 1.165) is 12.8 Å². The maximum Gasteiger partial charge on any atom is 0.326 e. The van der Waals surface area contributed by atoms with Crippen LogP contribution in [-0.4, -0.2) is 34.5 Å². The minimum Gasteiger partial charge on any atom is -0.480 e. The molecule has 1 fully saturated rings. The summed E-state index contributed by atoms with van der Waals surface area (Å²) in [6.07, 6.45) is 1.59. The molecule has 21 heavy (non-hydrogen) atoms. The average Bonchev–Trinajstić information content (AvgIpc) is 2.41. The number of carboxylic acid groups (broad SMARTS) is 1. The van der Waals surface area contributed by atoms with Gasteiger partial charge in [0.25, 0.3) is 5.91 Å². The summed E-state index contributed by atoms with van der Waals surface area (Å²) in [7, 11) is 0. The van der Waals surface area contributed by atoms with Gasteiger partial charge in [-0.1, -0.05) is 30.1 Å². The van der Waals surface area contributed by atoms with Gasteiger partial charge in [0.15, 0.2) is 0 Å². The van der Waals surface area contributed by atoms with Crippen molar-refractivity contribution in [2.75, 3.05) is 6.54 Å². The van der Waals surface area contributed by atoms with Crippen molar-refractivity contribution in [3.05, 3.63) is 31.3 Å². The van der Waals surface area contributed by atoms with Crippen molar-refractivity contribution in [2.24, 2.45) is 5.92 Å². The lowest BCUT2D eigenvalue weighted by Crippen LogP contribution is -2.52. The summed E-state index contributed by atoms with van der Waals surface area (Å²) in [5.74, 6) is -1.38. The SMILES string of the molecule is CC1CCCN(C(=O)c2cc(Cl)cc(Cl)c2I)C1C(=O)O. The molecule has 0 saturated carbocycles. The summed E-state index contributed by atoms with van der Waals surface area (Å²) >= 11 is 14.0. The van der Waals surface area contributed by atoms with Crippen LogP contribution in [0.1, 0.15) is 30.1 Å². The van der Waals surface area contributed by atoms with Gasteiger partial charge in [-0.3, -0.25) is 4.79 Å². The molecule has 0 spiro atoms. The van der Waals surface area contributed by atoms with E-state index in [9.17, 15) is 14.7 Å². The third kappa shape index (κ3) is 3.46. The molecule has 1 aromatic rings. The van der Waals surface area contributed by atoms with E-state index in [1.54, 1.807) is 6.07 Å². The van der Waals surface area contributed by atoms with E-state index in [4.69, 9.17) is 23.2 Å². The first-order valence-corrected chi connectivity index (χ1v) is 8.34. The van der Waals surface area contributed by atoms with Crippen LogP contribution >= 0.6 is 45.8 Å². The van der Waals surface area contributed by atoms with E-state index < -0.39 is 12.0 Å². The summed E-state index contributed by atoms with van der Waals surface area (Å²) < 4.78 is 0.589. The van der Waals surface area contributed by atoms with Gasteiger partial charge < -0.3 is 10.0 Å². The molecular weight excluding hydrogens is 428 g/mol. The summed E-state index contributed by atoms with van der Waals surface area (Å²) in [6, 6.07) is 2.30. The molecule has 1 aliphatic rings. The maximum atomic E-state index is 12.7. The quantitative estimate of drug-likeness (QED) is 0.558. The fourth-order valence-corrected chi connectivity index (χ4v) is 3.69. The van der Waals surface area contributed by atoms with Gasteiger partial charge in [-0.25, -0.2) is 4.79 Å². The number of carbonyl (C=O) groups excluding carboxylic acids is 1. The molecule has 1 amide bonds. The van der Waals surface area contributed by atoms with Crippen LogP contribution in [0.5, 0.6) is 0 Å². The van der Waals surface area contributed by atoms with Crippen molar-refractivity contribution in [1.82, 2.24) is 4.90 Å². The van der Waals surface area contributed by atoms with Gasteiger partial charge in [0.2, 0.25) is 0 Å². The lowest BCUT2D eigenvalue weighted by atomic mass is 9.90. The van der Waals surface area contributed by atoms with E-state index in [2.05, 4.69) is 0 Å². The molecular formula is C14H14Cl2INO3. The second-order valence-corrected chi connectivity index (χ2v) is 7.07. The molecule has 7 heteroatoms. The number of nitrogens with zero attached hydrogens (tertiary/aromatic N) is 1. The molecule has 0 aromatic heterocycles. The number of likely N-dealkylation sites (tertiary alicyclic amines) is 1. The summed E-state index contributed by atoms with van der Waals surface area (Å²) in [5, 5.41) is 10.2. The van der Waals surface area contributed by atoms with Crippen LogP contribution in [0, 0.1) is 9.49 Å². The fourth-order valence-electron chi connectivity index (χ4n) is 2.66. The van der Waals surface area contributed by atoms with E-state index in [1.807, 2.05) is 29.5 Å². The zero-order valence-electron chi connectivity index (χ0n) is 11.3. The zero-order chi connectivity index (χ0) is 15.7. The largest absolute Gasteiger partial charge is 0.480 e. The minimum absolute atomic E-state index is 0.0764. The van der Waals surface area contributed by atoms with Crippen molar-refractivity contribution in [1.29, 1.82) is 0 Å². The van der Waals surface area contributed by atoms with Crippen molar-refractivity contribution in [3.8, 4) is 0 Å². The predicted molar refractivity (Wildman–Crippen MR) is 90.0 cm³/mol. The number of halogens is 3. The third-order valence-corrected chi connectivity index (χ3v) is 5.67. The van der Waals surface area contributed by atoms with Crippen molar-refractivity contribution >= 4 is 57.7 Å². The standard InChI is InChI=1S/C14H14Cl2INO3/c1-7-3-2-4-18(12(7)14(20)21)13(19)9-5-8(15)6-10(16)11(9)17/h5-7,12H,2-4H2,1H3,(H,20,21). The third-order valence-electron chi connectivity index (χ3n) is 3.67. The summed E-state index contributed by atoms with van der Waals surface area (Å²) in [5.41, 5.74) is 0.355. The molecule has 1 saturated heterocycles. The highest BCUT2D eigenvalue weighted by atomic mass is 127. The second-order valence-electron chi connectivity index (χ2n) is 5.15. The Labute approximate surface area is 146 Å². The lowest BCUT2D eigenvalue weighted by molar-refractivity contribution is -0.145. The van der Waals surface area contributed by atoms with Gasteiger partial charge in [-0.05, 0) is 53.5 Å². The number of amides is 1. The van der Waals surface area contributed by atoms with Crippen LogP contribution in [0.15, 0.2) is 12.1 Å². The van der Waals surface area contributed by atoms with Gasteiger partial charge in [-0.15, -0.1) is 0 Å². The first-order chi connectivity index (χ1) is 9.82. The Kier molecular flexibility index (Phi) is 5.38. The first kappa shape index (κ1) is 16.8. The predicted octanol–water partition coefficient (Wildman–Crippen LogP) is 3.92. The van der Waals surface area contributed by atoms with Crippen LogP contribution in [-0.2, 0) is 4.79 Å². The van der Waals surface area contributed by atoms with Crippen LogP contribution in [0.2, 0.25) is 10.0 Å². The smallest absolute Gasteiger partial charge is 0.326 e. The topological polar surface area (TPSA) is 57.6 Å². The normalized spacial score (nSPS) is 22.2. The number of hydrogen-bond donors (Lipinski definition) is 1. The number of rotatable bonds is 2. The number of benzene rings is 1. The van der Waals surface area contributed by atoms with Crippen molar-refractivity contribution in [2.45, 2.75) is 25.8 Å². The Morgan fingerprint density at radius 2 is 2.05 bits per heavy atom. The summed E-state index contributed by atoms with van der Waals surface area (Å²) in [6.45, 7) is 2.29. The summed E-state index contributed by atoms with van der Waals surface area (Å²) in [4.78, 5) is 25.6. The molecule has 1 aliphatic heterocycles. The average molecular weight is 442 g/mol. The second kappa shape index (κ2) is 6.71. The number of piperidine rings is 1. The van der Waals surface area contributed by atoms with Crippen LogP contribution in [0.4, 0.5) is 0 Å². The van der Waals surface area contributed by atoms with Crippen LogP contribution in [0.3, 0.4) is 0 Å². The molecule has 0 radical (unpaired) electrons. The number of carboxylic acids is 1. The van der Waals surface area contributed by atoms with E-state index >= 15 is 0 Å². The molecule has 2 atom stereocenters. The molecule has 0 bridgehead atoms. The van der Waals surface area contributed by atoms with Gasteiger partial charge >= 0.3 is 5.97 Å². The highest BCUT2D eigenvalue weighted by molar-refractivity contribution is 14.1. The van der Waals surface area contributed by atoms with Gasteiger partial charge in [0.1, 0.15) is 6.04 Å². The Morgan fingerprint density at radius 3 is 2.67 bits per heavy atom. The Balaban J connectivity index is 2.40. The molecule has 1 N–H and O–H groups in total. The molecule has 0 aliphatic carbocycles. The van der Waals surface area contributed by atoms with E-state index in [-0.39, 0.29) is 11.8 Å². The molecule has 1 aromatic carbocycles. The molecule has 4 nitrogen and oxygen atoms in total. The highest BCUT2D eigenvalue weighted by Gasteiger charge is 2.38. The monoisotopic (exact) mass is 441 g/mol. The van der Waals surface area contributed by atoms with Crippen molar-refractivity contribution < 1.29 is 14.7 Å². The number of aliphatic carboxylic acids is 1. The molecule has 1 heterocycles. The lowest BCUT2D eigenvalue weighted by Gasteiger charge is -2.37. The van der Waals surface area contributed by atoms with Gasteiger partial charge in [0, 0.05) is 15.1 Å². The molecule has 2 rings (SSSR count). The van der Waals surface area contributed by atoms with Gasteiger partial charge in [0.05, 0.1) is 10.6 Å². The number of hydrogen-bond acceptors (Lipinski definition) is 2. The minimum atomic E-state index is -0.973. The molecule has 114 valence electrons. The Bertz CT molecular complexity index is 594. The van der Waals surface area contributed by atoms with E-state index in [0.29, 0.717) is 25.7 Å². The van der Waals surface area contributed by atoms with Gasteiger partial charge in [-0.2, -0.15) is 0 Å². The zero-order valence-corrected chi connectivity index (χ0v) is 14.9. The number of carbonyl (C=O) groups is 2. The maximum absolute atomic E-state index is 12.7. The van der Waals surface area contributed by atoms with Crippen LogP contribution < -0.4 is 0 Å². The Hall–Kier alpha value is -0.530. The Morgan fingerprint density at radius 1 is 1.38 bits per heavy atom. The fraction of sp³-hybridized carbons (Fsp3) is 0.429. The highest BCUT2D eigenvalue weighted by Crippen LogP contribution is 2.30. The van der Waals surface area contributed by atoms with Crippen LogP contribution in [0.25, 0.3) is 0 Å². The first-order valence-electron chi connectivity index (χ1n) is 6.51.